The highest BCUT2D eigenvalue weighted by molar-refractivity contribution is 7.60. The van der Waals surface area contributed by atoms with Crippen molar-refractivity contribution in [2.45, 2.75) is 24.9 Å². The van der Waals surface area contributed by atoms with E-state index in [-0.39, 0.29) is 12.8 Å². The van der Waals surface area contributed by atoms with E-state index in [9.17, 15) is 23.1 Å². The van der Waals surface area contributed by atoms with Crippen molar-refractivity contribution >= 4 is 15.6 Å². The minimum atomic E-state index is -5.33. The molecule has 0 aliphatic carbocycles. The van der Waals surface area contributed by atoms with E-state index < -0.39 is 45.7 Å². The Balaban J connectivity index is 2.03. The number of aromatic amines is 1. The monoisotopic (exact) mass is 391 g/mol. The number of rotatable bonds is 6. The molecule has 24 heavy (non-hydrogen) atoms. The van der Waals surface area contributed by atoms with Crippen LogP contribution in [-0.4, -0.2) is 41.7 Å². The van der Waals surface area contributed by atoms with Crippen molar-refractivity contribution in [1.29, 1.82) is 0 Å². The van der Waals surface area contributed by atoms with Crippen LogP contribution in [0.5, 0.6) is 0 Å². The molecular weight excluding hydrogens is 379 g/mol. The topological polar surface area (TPSA) is 190 Å². The summed E-state index contributed by atoms with van der Waals surface area (Å²) in [6.45, 7) is -1.19. The van der Waals surface area contributed by atoms with Crippen LogP contribution in [0.4, 0.5) is 4.39 Å². The molecule has 1 aromatic rings. The Bertz CT molecular complexity index is 819. The smallest absolute Gasteiger partial charge is 0.319 e. The van der Waals surface area contributed by atoms with Gasteiger partial charge in [0.25, 0.3) is 0 Å². The number of alkyl halides is 1. The van der Waals surface area contributed by atoms with Crippen molar-refractivity contribution in [1.82, 2.24) is 14.5 Å². The fraction of sp³-hybridized carbons (Fsp3) is 0.625. The molecule has 13 nitrogen and oxygen atoms in total. The number of halogens is 1. The van der Waals surface area contributed by atoms with E-state index in [1.807, 2.05) is 4.98 Å². The maximum atomic E-state index is 14.4. The number of nitrogens with zero attached hydrogens (tertiary/aromatic N) is 2. The van der Waals surface area contributed by atoms with Crippen LogP contribution in [-0.2, 0) is 22.7 Å². The van der Waals surface area contributed by atoms with Gasteiger partial charge in [0.15, 0.2) is 0 Å². The molecular formula is C8H12FN3O10P2. The highest BCUT2D eigenvalue weighted by Gasteiger charge is 2.45. The van der Waals surface area contributed by atoms with Crippen LogP contribution in [0.15, 0.2) is 15.9 Å². The number of H-pyrrole nitrogens is 1. The molecule has 1 aromatic heterocycles. The average Bonchev–Trinajstić information content (AvgIpc) is 2.77. The van der Waals surface area contributed by atoms with Crippen molar-refractivity contribution in [2.75, 3.05) is 6.61 Å². The van der Waals surface area contributed by atoms with Gasteiger partial charge in [0.1, 0.15) is 19.2 Å². The lowest BCUT2D eigenvalue weighted by molar-refractivity contribution is -0.175. The van der Waals surface area contributed by atoms with Crippen molar-refractivity contribution < 1.29 is 41.8 Å². The Morgan fingerprint density at radius 2 is 2.12 bits per heavy atom. The lowest BCUT2D eigenvalue weighted by Gasteiger charge is -2.22. The minimum absolute atomic E-state index is 0.0669. The molecule has 0 bridgehead atoms. The molecule has 0 spiro atoms. The Morgan fingerprint density at radius 1 is 1.46 bits per heavy atom. The van der Waals surface area contributed by atoms with Gasteiger partial charge in [-0.25, -0.2) is 23.1 Å². The predicted molar refractivity (Wildman–Crippen MR) is 71.2 cm³/mol. The average molecular weight is 391 g/mol. The summed E-state index contributed by atoms with van der Waals surface area (Å²) in [6, 6.07) is 0. The van der Waals surface area contributed by atoms with Gasteiger partial charge in [-0.3, -0.25) is 14.1 Å². The first kappa shape index (κ1) is 19.1. The van der Waals surface area contributed by atoms with Gasteiger partial charge >= 0.3 is 27.0 Å². The number of hydrogen-bond acceptors (Lipinski definition) is 8. The van der Waals surface area contributed by atoms with E-state index in [0.29, 0.717) is 0 Å². The van der Waals surface area contributed by atoms with E-state index in [1.54, 1.807) is 0 Å². The molecule has 2 heterocycles. The molecule has 136 valence electrons. The van der Waals surface area contributed by atoms with Gasteiger partial charge in [0.05, 0.1) is 0 Å². The number of phosphoric ester groups is 1. The fourth-order valence-corrected chi connectivity index (χ4v) is 3.52. The molecule has 4 N–H and O–H groups in total. The summed E-state index contributed by atoms with van der Waals surface area (Å²) in [4.78, 5) is 53.5. The number of ether oxygens (including phenoxy) is 1. The molecule has 2 rings (SSSR count). The second-order valence-electron chi connectivity index (χ2n) is 4.70. The maximum absolute atomic E-state index is 14.4. The molecule has 1 aliphatic heterocycles. The first-order chi connectivity index (χ1) is 10.9. The van der Waals surface area contributed by atoms with Crippen LogP contribution < -0.4 is 11.4 Å². The van der Waals surface area contributed by atoms with Crippen LogP contribution in [0.2, 0.25) is 0 Å². The zero-order chi connectivity index (χ0) is 18.2. The van der Waals surface area contributed by atoms with Crippen LogP contribution in [0.3, 0.4) is 0 Å². The number of phosphoric acid groups is 2. The lowest BCUT2D eigenvalue weighted by atomic mass is 10.2. The summed E-state index contributed by atoms with van der Waals surface area (Å²) >= 11 is 0. The Labute approximate surface area is 131 Å². The SMILES string of the molecule is O=c1ncn([C@H]2CC[C@@](F)(COP(=O)(O)OP(=O)(O)O)O2)c(=O)[nH]1. The predicted octanol–water partition coefficient (Wildman–Crippen LogP) is -0.867. The van der Waals surface area contributed by atoms with Gasteiger partial charge in [0, 0.05) is 6.42 Å². The third-order valence-corrected chi connectivity index (χ3v) is 4.95. The first-order valence-corrected chi connectivity index (χ1v) is 9.20. The summed E-state index contributed by atoms with van der Waals surface area (Å²) in [7, 11) is -10.6. The van der Waals surface area contributed by atoms with Crippen LogP contribution in [0.1, 0.15) is 19.1 Å². The molecule has 0 saturated carbocycles. The second kappa shape index (κ2) is 6.58. The number of nitrogens with one attached hydrogen (secondary N) is 1. The van der Waals surface area contributed by atoms with E-state index in [2.05, 4.69) is 13.8 Å². The standard InChI is InChI=1S/C8H12FN3O10P2/c9-8(3-20-24(18,19)22-23(15,16)17)2-1-5(21-8)12-4-10-6(13)11-7(12)14/h4-5H,1-3H2,(H,18,19)(H,11,13,14)(H2,15,16,17)/t5-,8+/m1/s1. The van der Waals surface area contributed by atoms with Crippen LogP contribution in [0.25, 0.3) is 0 Å². The minimum Gasteiger partial charge on any atom is -0.319 e. The zero-order valence-corrected chi connectivity index (χ0v) is 13.4. The van der Waals surface area contributed by atoms with Gasteiger partial charge in [0.2, 0.25) is 5.85 Å². The molecule has 0 radical (unpaired) electrons. The summed E-state index contributed by atoms with van der Waals surface area (Å²) in [5.74, 6) is -2.63. The first-order valence-electron chi connectivity index (χ1n) is 6.18. The molecule has 1 saturated heterocycles. The third kappa shape index (κ3) is 5.13. The quantitative estimate of drug-likeness (QED) is 0.441. The molecule has 16 heteroatoms. The second-order valence-corrected chi connectivity index (χ2v) is 7.53. The summed E-state index contributed by atoms with van der Waals surface area (Å²) in [5.41, 5.74) is -1.80. The highest BCUT2D eigenvalue weighted by Crippen LogP contribution is 2.58. The highest BCUT2D eigenvalue weighted by atomic mass is 31.3. The Morgan fingerprint density at radius 3 is 2.71 bits per heavy atom. The van der Waals surface area contributed by atoms with Gasteiger partial charge in [-0.1, -0.05) is 0 Å². The number of hydrogen-bond donors (Lipinski definition) is 4. The summed E-state index contributed by atoms with van der Waals surface area (Å²) < 4.78 is 49.5. The van der Waals surface area contributed by atoms with E-state index in [4.69, 9.17) is 19.4 Å². The number of aromatic nitrogens is 3. The third-order valence-electron chi connectivity index (χ3n) is 2.82. The van der Waals surface area contributed by atoms with E-state index in [0.717, 1.165) is 10.9 Å². The van der Waals surface area contributed by atoms with Gasteiger partial charge in [-0.15, -0.1) is 0 Å². The zero-order valence-electron chi connectivity index (χ0n) is 11.6. The van der Waals surface area contributed by atoms with Crippen molar-refractivity contribution in [2.24, 2.45) is 0 Å². The van der Waals surface area contributed by atoms with Gasteiger partial charge in [-0.2, -0.15) is 9.29 Å². The molecule has 1 unspecified atom stereocenters. The maximum Gasteiger partial charge on any atom is 0.481 e. The van der Waals surface area contributed by atoms with Crippen molar-refractivity contribution in [3.05, 3.63) is 27.3 Å². The molecule has 1 aliphatic rings. The molecule has 3 atom stereocenters. The largest absolute Gasteiger partial charge is 0.481 e. The van der Waals surface area contributed by atoms with E-state index >= 15 is 0 Å². The van der Waals surface area contributed by atoms with Gasteiger partial charge < -0.3 is 19.4 Å². The Hall–Kier alpha value is -1.24. The lowest BCUT2D eigenvalue weighted by Crippen LogP contribution is -2.35. The van der Waals surface area contributed by atoms with Crippen LogP contribution in [0, 0.1) is 0 Å². The molecule has 0 amide bonds. The Kier molecular flexibility index (Phi) is 5.23. The normalized spacial score (nSPS) is 27.1. The molecule has 0 aromatic carbocycles. The van der Waals surface area contributed by atoms with Crippen molar-refractivity contribution in [3.63, 3.8) is 0 Å². The van der Waals surface area contributed by atoms with E-state index in [1.165, 1.54) is 0 Å². The summed E-state index contributed by atoms with van der Waals surface area (Å²) in [6.07, 6.45) is -0.773. The molecule has 1 fully saturated rings. The van der Waals surface area contributed by atoms with Crippen molar-refractivity contribution in [3.8, 4) is 0 Å². The van der Waals surface area contributed by atoms with Gasteiger partial charge in [-0.05, 0) is 6.42 Å². The van der Waals surface area contributed by atoms with Crippen LogP contribution >= 0.6 is 15.6 Å². The summed E-state index contributed by atoms with van der Waals surface area (Å²) in [5, 5.41) is 0. The fourth-order valence-electron chi connectivity index (χ4n) is 1.90.